The molecule has 2 fully saturated rings. The van der Waals surface area contributed by atoms with E-state index in [1.807, 2.05) is 26.0 Å². The number of fused-ring (bicyclic) bond motifs is 2. The Hall–Kier alpha value is -1.37. The normalized spacial score (nSPS) is 27.0. The zero-order valence-electron chi connectivity index (χ0n) is 13.7. The van der Waals surface area contributed by atoms with Crippen molar-refractivity contribution in [3.05, 3.63) is 34.9 Å². The van der Waals surface area contributed by atoms with E-state index in [0.717, 1.165) is 36.8 Å². The van der Waals surface area contributed by atoms with Gasteiger partial charge in [0.1, 0.15) is 0 Å². The Bertz CT molecular complexity index is 580. The summed E-state index contributed by atoms with van der Waals surface area (Å²) in [7, 11) is -1.57. The molecule has 3 rings (SSSR count). The molecule has 2 aliphatic heterocycles. The summed E-state index contributed by atoms with van der Waals surface area (Å²) in [5.41, 5.74) is 3.30. The summed E-state index contributed by atoms with van der Waals surface area (Å²) in [4.78, 5) is 13.3. The predicted octanol–water partition coefficient (Wildman–Crippen LogP) is 1.00. The van der Waals surface area contributed by atoms with Crippen LogP contribution in [0.25, 0.3) is 0 Å². The average molecular weight is 317 g/mol. The number of nitrogens with zero attached hydrogens (tertiary/aromatic N) is 1. The second-order valence-corrected chi connectivity index (χ2v) is 6.84. The van der Waals surface area contributed by atoms with Gasteiger partial charge >= 0.3 is 7.12 Å². The number of carbonyl (C=O) groups excluding carboxylic acids is 1. The Labute approximate surface area is 137 Å². The van der Waals surface area contributed by atoms with Crippen LogP contribution < -0.4 is 0 Å². The molecule has 1 amide bonds. The van der Waals surface area contributed by atoms with Crippen molar-refractivity contribution >= 4 is 13.5 Å². The third-order valence-corrected chi connectivity index (χ3v) is 5.23. The quantitative estimate of drug-likeness (QED) is 0.607. The molecule has 0 spiro atoms. The van der Waals surface area contributed by atoms with Crippen LogP contribution in [0.3, 0.4) is 0 Å². The van der Waals surface area contributed by atoms with Gasteiger partial charge in [-0.2, -0.15) is 0 Å². The van der Waals surface area contributed by atoms with Crippen molar-refractivity contribution in [1.29, 1.82) is 0 Å². The van der Waals surface area contributed by atoms with E-state index in [-0.39, 0.29) is 18.2 Å². The summed E-state index contributed by atoms with van der Waals surface area (Å²) in [6, 6.07) is 6.03. The maximum absolute atomic E-state index is 11.7. The Morgan fingerprint density at radius 2 is 2.17 bits per heavy atom. The molecular weight excluding hydrogens is 293 g/mol. The van der Waals surface area contributed by atoms with Gasteiger partial charge in [-0.3, -0.25) is 4.79 Å². The van der Waals surface area contributed by atoms with Crippen LogP contribution in [-0.4, -0.2) is 52.7 Å². The van der Waals surface area contributed by atoms with E-state index in [1.165, 1.54) is 5.56 Å². The van der Waals surface area contributed by atoms with Gasteiger partial charge in [0.05, 0.1) is 24.2 Å². The van der Waals surface area contributed by atoms with Gasteiger partial charge in [-0.15, -0.1) is 0 Å². The van der Waals surface area contributed by atoms with Crippen molar-refractivity contribution < 1.29 is 19.6 Å². The number of hydrogen-bond acceptors (Lipinski definition) is 4. The van der Waals surface area contributed by atoms with Crippen LogP contribution in [0.4, 0.5) is 0 Å². The number of aryl methyl sites for hydroxylation is 2. The number of carbonyl (C=O) groups is 1. The van der Waals surface area contributed by atoms with E-state index < -0.39 is 13.1 Å². The van der Waals surface area contributed by atoms with Crippen LogP contribution in [0.5, 0.6) is 0 Å². The third kappa shape index (κ3) is 3.29. The topological polar surface area (TPSA) is 70.0 Å². The molecule has 0 unspecified atom stereocenters. The minimum Gasteiger partial charge on any atom is -0.426 e. The van der Waals surface area contributed by atoms with Crippen LogP contribution in [0, 0.1) is 13.8 Å². The molecule has 4 atom stereocenters. The number of rotatable bonds is 6. The average Bonchev–Trinajstić information content (AvgIpc) is 3.12. The summed E-state index contributed by atoms with van der Waals surface area (Å²) in [6.07, 6.45) is 4.20. The molecule has 0 saturated carbocycles. The predicted molar refractivity (Wildman–Crippen MR) is 87.8 cm³/mol. The fraction of sp³-hybridized carbons (Fsp3) is 0.588. The summed E-state index contributed by atoms with van der Waals surface area (Å²) in [6.45, 7) is 4.04. The van der Waals surface area contributed by atoms with Crippen LogP contribution in [0.1, 0.15) is 36.0 Å². The first-order valence-corrected chi connectivity index (χ1v) is 8.30. The highest BCUT2D eigenvalue weighted by atomic mass is 16.5. The monoisotopic (exact) mass is 317 g/mol. The molecule has 6 heteroatoms. The van der Waals surface area contributed by atoms with E-state index in [4.69, 9.17) is 4.74 Å². The zero-order valence-corrected chi connectivity index (χ0v) is 13.7. The van der Waals surface area contributed by atoms with Gasteiger partial charge < -0.3 is 19.7 Å². The molecule has 2 bridgehead atoms. The van der Waals surface area contributed by atoms with Crippen molar-refractivity contribution in [2.75, 3.05) is 0 Å². The van der Waals surface area contributed by atoms with E-state index in [9.17, 15) is 14.8 Å². The van der Waals surface area contributed by atoms with Gasteiger partial charge in [0.15, 0.2) is 0 Å². The highest BCUT2D eigenvalue weighted by Crippen LogP contribution is 2.37. The lowest BCUT2D eigenvalue weighted by Gasteiger charge is -2.36. The summed E-state index contributed by atoms with van der Waals surface area (Å²) < 4.78 is 5.82. The summed E-state index contributed by atoms with van der Waals surface area (Å²) >= 11 is 0. The highest BCUT2D eigenvalue weighted by molar-refractivity contribution is 6.43. The lowest BCUT2D eigenvalue weighted by Crippen LogP contribution is -2.54. The molecule has 2 saturated heterocycles. The molecule has 0 radical (unpaired) electrons. The zero-order chi connectivity index (χ0) is 16.6. The first kappa shape index (κ1) is 16.5. The second-order valence-electron chi connectivity index (χ2n) is 6.84. The number of amides is 1. The van der Waals surface area contributed by atoms with Gasteiger partial charge in [-0.1, -0.05) is 23.8 Å². The number of ether oxygens (including phenoxy) is 1. The van der Waals surface area contributed by atoms with Gasteiger partial charge in [-0.25, -0.2) is 0 Å². The van der Waals surface area contributed by atoms with Crippen LogP contribution in [0.15, 0.2) is 18.2 Å². The van der Waals surface area contributed by atoms with Crippen molar-refractivity contribution in [1.82, 2.24) is 4.90 Å². The van der Waals surface area contributed by atoms with E-state index in [1.54, 1.807) is 4.90 Å². The van der Waals surface area contributed by atoms with Crippen molar-refractivity contribution in [3.8, 4) is 0 Å². The molecule has 23 heavy (non-hydrogen) atoms. The Morgan fingerprint density at radius 1 is 1.39 bits per heavy atom. The minimum absolute atomic E-state index is 0.0329. The third-order valence-electron chi connectivity index (χ3n) is 5.23. The van der Waals surface area contributed by atoms with Gasteiger partial charge in [0.25, 0.3) is 0 Å². The van der Waals surface area contributed by atoms with E-state index in [2.05, 4.69) is 6.07 Å². The maximum Gasteiger partial charge on any atom is 0.476 e. The molecule has 1 aromatic rings. The molecule has 124 valence electrons. The fourth-order valence-corrected chi connectivity index (χ4v) is 3.99. The molecule has 2 heterocycles. The highest BCUT2D eigenvalue weighted by Gasteiger charge is 2.46. The largest absolute Gasteiger partial charge is 0.476 e. The maximum atomic E-state index is 11.7. The standard InChI is InChI=1S/C17H24BNO4/c1-11-3-4-13(12(2)7-11)8-17(18(21)22)19(10-20)15-9-14-5-6-16(15)23-14/h3-4,7,10,14-17,21-22H,5-6,8-9H2,1-2H3/t14-,15-,16+,17+/m1/s1. The SMILES string of the molecule is Cc1ccc(C[C@@H](B(O)O)N(C=O)[C@@H]2C[C@H]3CC[C@@H]2O3)c(C)c1. The van der Waals surface area contributed by atoms with Crippen molar-refractivity contribution in [2.45, 2.75) is 63.7 Å². The lowest BCUT2D eigenvalue weighted by atomic mass is 9.73. The van der Waals surface area contributed by atoms with Crippen LogP contribution in [0.2, 0.25) is 0 Å². The summed E-state index contributed by atoms with van der Waals surface area (Å²) in [5.74, 6) is -0.651. The van der Waals surface area contributed by atoms with E-state index >= 15 is 0 Å². The number of hydrogen-bond donors (Lipinski definition) is 2. The Balaban J connectivity index is 1.80. The minimum atomic E-state index is -1.57. The summed E-state index contributed by atoms with van der Waals surface area (Å²) in [5, 5.41) is 19.7. The molecule has 2 aliphatic rings. The van der Waals surface area contributed by atoms with Crippen molar-refractivity contribution in [2.24, 2.45) is 0 Å². The molecular formula is C17H24BNO4. The van der Waals surface area contributed by atoms with E-state index in [0.29, 0.717) is 6.42 Å². The van der Waals surface area contributed by atoms with Crippen molar-refractivity contribution in [3.63, 3.8) is 0 Å². The molecule has 5 nitrogen and oxygen atoms in total. The molecule has 2 N–H and O–H groups in total. The Kier molecular flexibility index (Phi) is 4.76. The van der Waals surface area contributed by atoms with Crippen LogP contribution >= 0.6 is 0 Å². The van der Waals surface area contributed by atoms with Gasteiger partial charge in [0.2, 0.25) is 6.41 Å². The van der Waals surface area contributed by atoms with Gasteiger partial charge in [0, 0.05) is 0 Å². The fourth-order valence-electron chi connectivity index (χ4n) is 3.99. The first-order chi connectivity index (χ1) is 11.0. The molecule has 0 aliphatic carbocycles. The molecule has 1 aromatic carbocycles. The lowest BCUT2D eigenvalue weighted by molar-refractivity contribution is -0.122. The first-order valence-electron chi connectivity index (χ1n) is 8.30. The second kappa shape index (κ2) is 6.63. The molecule has 0 aromatic heterocycles. The van der Waals surface area contributed by atoms with Crippen LogP contribution in [-0.2, 0) is 16.0 Å². The smallest absolute Gasteiger partial charge is 0.426 e. The van der Waals surface area contributed by atoms with Gasteiger partial charge in [-0.05, 0) is 50.7 Å². The number of benzene rings is 1. The Morgan fingerprint density at radius 3 is 2.70 bits per heavy atom.